The fourth-order valence-corrected chi connectivity index (χ4v) is 2.55. The molecular formula is C16H19NO4. The molecule has 0 unspecified atom stereocenters. The van der Waals surface area contributed by atoms with Crippen molar-refractivity contribution in [2.24, 2.45) is 0 Å². The molecule has 0 radical (unpaired) electrons. The third-order valence-corrected chi connectivity index (χ3v) is 3.58. The second kappa shape index (κ2) is 6.18. The van der Waals surface area contributed by atoms with E-state index in [0.29, 0.717) is 17.9 Å². The lowest BCUT2D eigenvalue weighted by molar-refractivity contribution is 0.0480. The molecule has 0 spiro atoms. The van der Waals surface area contributed by atoms with Gasteiger partial charge in [-0.15, -0.1) is 0 Å². The van der Waals surface area contributed by atoms with Crippen molar-refractivity contribution in [2.45, 2.75) is 25.9 Å². The number of ether oxygens (including phenoxy) is 2. The van der Waals surface area contributed by atoms with Crippen LogP contribution in [0.2, 0.25) is 0 Å². The number of carbonyl (C=O) groups is 1. The van der Waals surface area contributed by atoms with Gasteiger partial charge in [0.25, 0.3) is 5.76 Å². The Balaban J connectivity index is 1.96. The van der Waals surface area contributed by atoms with Crippen LogP contribution in [-0.4, -0.2) is 31.8 Å². The lowest BCUT2D eigenvalue weighted by Gasteiger charge is -2.23. The van der Waals surface area contributed by atoms with Crippen molar-refractivity contribution in [3.8, 4) is 5.75 Å². The summed E-state index contributed by atoms with van der Waals surface area (Å²) in [4.78, 5) is 12.1. The standard InChI is InChI=1S/C16H19NO4/c1-2-19-16(18)15-14(20-11-7-9-17-10-8-11)12-5-3-4-6-13(12)21-15/h3-6,11,17H,2,7-10H2,1H3. The molecule has 3 rings (SSSR count). The second-order valence-corrected chi connectivity index (χ2v) is 5.04. The van der Waals surface area contributed by atoms with Crippen LogP contribution in [0.5, 0.6) is 5.75 Å². The van der Waals surface area contributed by atoms with E-state index in [1.54, 1.807) is 6.92 Å². The summed E-state index contributed by atoms with van der Waals surface area (Å²) in [5.74, 6) is 0.199. The Labute approximate surface area is 123 Å². The number of esters is 1. The Kier molecular flexibility index (Phi) is 4.10. The first-order valence-corrected chi connectivity index (χ1v) is 7.35. The normalized spacial score (nSPS) is 16.0. The maximum Gasteiger partial charge on any atom is 0.378 e. The number of benzene rings is 1. The molecule has 0 atom stereocenters. The van der Waals surface area contributed by atoms with E-state index < -0.39 is 5.97 Å². The summed E-state index contributed by atoms with van der Waals surface area (Å²) >= 11 is 0. The van der Waals surface area contributed by atoms with Crippen LogP contribution in [0.15, 0.2) is 28.7 Å². The van der Waals surface area contributed by atoms with Crippen LogP contribution in [0.3, 0.4) is 0 Å². The summed E-state index contributed by atoms with van der Waals surface area (Å²) in [7, 11) is 0. The third-order valence-electron chi connectivity index (χ3n) is 3.58. The molecule has 1 aromatic carbocycles. The van der Waals surface area contributed by atoms with Crippen LogP contribution >= 0.6 is 0 Å². The van der Waals surface area contributed by atoms with Crippen molar-refractivity contribution in [1.29, 1.82) is 0 Å². The molecule has 1 saturated heterocycles. The van der Waals surface area contributed by atoms with Gasteiger partial charge in [-0.2, -0.15) is 0 Å². The summed E-state index contributed by atoms with van der Waals surface area (Å²) in [5, 5.41) is 4.11. The molecule has 112 valence electrons. The van der Waals surface area contributed by atoms with Crippen LogP contribution in [-0.2, 0) is 4.74 Å². The number of hydrogen-bond donors (Lipinski definition) is 1. The molecule has 2 aromatic rings. The van der Waals surface area contributed by atoms with E-state index >= 15 is 0 Å². The highest BCUT2D eigenvalue weighted by Gasteiger charge is 2.26. The number of fused-ring (bicyclic) bond motifs is 1. The lowest BCUT2D eigenvalue weighted by Crippen LogP contribution is -2.34. The van der Waals surface area contributed by atoms with Gasteiger partial charge in [0.1, 0.15) is 11.7 Å². The molecule has 2 heterocycles. The van der Waals surface area contributed by atoms with Crippen LogP contribution in [0.25, 0.3) is 11.0 Å². The predicted molar refractivity (Wildman–Crippen MR) is 78.7 cm³/mol. The minimum absolute atomic E-state index is 0.0976. The molecule has 21 heavy (non-hydrogen) atoms. The lowest BCUT2D eigenvalue weighted by atomic mass is 10.1. The zero-order valence-electron chi connectivity index (χ0n) is 12.1. The van der Waals surface area contributed by atoms with Gasteiger partial charge in [-0.05, 0) is 45.0 Å². The van der Waals surface area contributed by atoms with Crippen LogP contribution in [0, 0.1) is 0 Å². The van der Waals surface area contributed by atoms with Crippen molar-refractivity contribution < 1.29 is 18.7 Å². The number of para-hydroxylation sites is 1. The van der Waals surface area contributed by atoms with Crippen LogP contribution < -0.4 is 10.1 Å². The van der Waals surface area contributed by atoms with Crippen LogP contribution in [0.4, 0.5) is 0 Å². The smallest absolute Gasteiger partial charge is 0.378 e. The molecular weight excluding hydrogens is 270 g/mol. The van der Waals surface area contributed by atoms with Crippen molar-refractivity contribution in [2.75, 3.05) is 19.7 Å². The molecule has 0 bridgehead atoms. The van der Waals surface area contributed by atoms with Gasteiger partial charge in [0.15, 0.2) is 5.75 Å². The number of carbonyl (C=O) groups excluding carboxylic acids is 1. The maximum atomic E-state index is 12.1. The first-order chi connectivity index (χ1) is 10.3. The molecule has 1 aromatic heterocycles. The molecule has 1 aliphatic heterocycles. The van der Waals surface area contributed by atoms with E-state index in [1.807, 2.05) is 24.3 Å². The predicted octanol–water partition coefficient (Wildman–Crippen LogP) is 2.74. The van der Waals surface area contributed by atoms with Crippen molar-refractivity contribution in [3.05, 3.63) is 30.0 Å². The van der Waals surface area contributed by atoms with E-state index in [4.69, 9.17) is 13.9 Å². The number of piperidine rings is 1. The Morgan fingerprint density at radius 1 is 1.33 bits per heavy atom. The van der Waals surface area contributed by atoms with Crippen molar-refractivity contribution in [1.82, 2.24) is 5.32 Å². The highest BCUT2D eigenvalue weighted by atomic mass is 16.6. The monoisotopic (exact) mass is 289 g/mol. The average Bonchev–Trinajstić information content (AvgIpc) is 2.88. The number of nitrogens with one attached hydrogen (secondary N) is 1. The summed E-state index contributed by atoms with van der Waals surface area (Å²) in [6.45, 7) is 3.93. The first-order valence-electron chi connectivity index (χ1n) is 7.35. The topological polar surface area (TPSA) is 60.7 Å². The van der Waals surface area contributed by atoms with Crippen LogP contribution in [0.1, 0.15) is 30.3 Å². The van der Waals surface area contributed by atoms with E-state index in [9.17, 15) is 4.79 Å². The zero-order valence-corrected chi connectivity index (χ0v) is 12.1. The van der Waals surface area contributed by atoms with Gasteiger partial charge in [0, 0.05) is 0 Å². The molecule has 5 heteroatoms. The fourth-order valence-electron chi connectivity index (χ4n) is 2.55. The largest absolute Gasteiger partial charge is 0.485 e. The van der Waals surface area contributed by atoms with Gasteiger partial charge in [-0.25, -0.2) is 4.79 Å². The van der Waals surface area contributed by atoms with Gasteiger partial charge in [-0.3, -0.25) is 0 Å². The molecule has 5 nitrogen and oxygen atoms in total. The Hall–Kier alpha value is -2.01. The van der Waals surface area contributed by atoms with Gasteiger partial charge < -0.3 is 19.2 Å². The minimum Gasteiger partial charge on any atom is -0.485 e. The average molecular weight is 289 g/mol. The SMILES string of the molecule is CCOC(=O)c1oc2ccccc2c1OC1CCNCC1. The molecule has 1 N–H and O–H groups in total. The summed E-state index contributed by atoms with van der Waals surface area (Å²) in [6, 6.07) is 7.50. The maximum absolute atomic E-state index is 12.1. The van der Waals surface area contributed by atoms with Gasteiger partial charge in [-0.1, -0.05) is 12.1 Å². The summed E-state index contributed by atoms with van der Waals surface area (Å²) in [6.07, 6.45) is 1.93. The second-order valence-electron chi connectivity index (χ2n) is 5.04. The van der Waals surface area contributed by atoms with E-state index in [2.05, 4.69) is 5.32 Å². The number of furan rings is 1. The Morgan fingerprint density at radius 3 is 2.86 bits per heavy atom. The fraction of sp³-hybridized carbons (Fsp3) is 0.438. The molecule has 1 fully saturated rings. The van der Waals surface area contributed by atoms with E-state index in [1.165, 1.54) is 0 Å². The summed E-state index contributed by atoms with van der Waals surface area (Å²) in [5.41, 5.74) is 0.643. The molecule has 0 aliphatic carbocycles. The zero-order chi connectivity index (χ0) is 14.7. The molecule has 0 saturated carbocycles. The molecule has 1 aliphatic rings. The van der Waals surface area contributed by atoms with Crippen molar-refractivity contribution in [3.63, 3.8) is 0 Å². The minimum atomic E-state index is -0.474. The number of hydrogen-bond acceptors (Lipinski definition) is 5. The quantitative estimate of drug-likeness (QED) is 0.877. The number of rotatable bonds is 4. The van der Waals surface area contributed by atoms with Gasteiger partial charge in [0.2, 0.25) is 0 Å². The van der Waals surface area contributed by atoms with E-state index in [0.717, 1.165) is 31.3 Å². The highest BCUT2D eigenvalue weighted by molar-refractivity contribution is 5.98. The Morgan fingerprint density at radius 2 is 2.10 bits per heavy atom. The summed E-state index contributed by atoms with van der Waals surface area (Å²) < 4.78 is 16.8. The highest BCUT2D eigenvalue weighted by Crippen LogP contribution is 2.35. The van der Waals surface area contributed by atoms with E-state index in [-0.39, 0.29) is 11.9 Å². The first kappa shape index (κ1) is 13.9. The van der Waals surface area contributed by atoms with Gasteiger partial charge in [0.05, 0.1) is 12.0 Å². The van der Waals surface area contributed by atoms with Gasteiger partial charge >= 0.3 is 5.97 Å². The third kappa shape index (κ3) is 2.88. The van der Waals surface area contributed by atoms with Crippen molar-refractivity contribution >= 4 is 16.9 Å². The Bertz CT molecular complexity index is 628. The molecule has 0 amide bonds.